The Morgan fingerprint density at radius 2 is 1.96 bits per heavy atom. The Balaban J connectivity index is 1.77. The predicted molar refractivity (Wildman–Crippen MR) is 101 cm³/mol. The quantitative estimate of drug-likeness (QED) is 0.607. The van der Waals surface area contributed by atoms with Crippen LogP contribution in [0.5, 0.6) is 0 Å². The van der Waals surface area contributed by atoms with Crippen LogP contribution in [0.2, 0.25) is 0 Å². The molecule has 0 unspecified atom stereocenters. The van der Waals surface area contributed by atoms with Gasteiger partial charge in [-0.3, -0.25) is 14.9 Å². The number of nitrogens with one attached hydrogen (secondary N) is 2. The Kier molecular flexibility index (Phi) is 5.28. The van der Waals surface area contributed by atoms with Gasteiger partial charge in [-0.05, 0) is 50.0 Å². The summed E-state index contributed by atoms with van der Waals surface area (Å²) in [5, 5.41) is 10.8. The largest absolute Gasteiger partial charge is 0.379 e. The van der Waals surface area contributed by atoms with Crippen LogP contribution in [-0.4, -0.2) is 40.1 Å². The molecule has 1 amide bonds. The average molecular weight is 350 g/mol. The summed E-state index contributed by atoms with van der Waals surface area (Å²) < 4.78 is 0. The van der Waals surface area contributed by atoms with Crippen LogP contribution in [0.15, 0.2) is 48.8 Å². The molecule has 7 heteroatoms. The van der Waals surface area contributed by atoms with Crippen molar-refractivity contribution in [2.24, 2.45) is 5.73 Å². The minimum Gasteiger partial charge on any atom is -0.379 e. The average Bonchev–Trinajstić information content (AvgIpc) is 3.10. The smallest absolute Gasteiger partial charge is 0.248 e. The molecule has 1 aromatic carbocycles. The van der Waals surface area contributed by atoms with E-state index in [4.69, 9.17) is 5.73 Å². The molecule has 0 aliphatic rings. The van der Waals surface area contributed by atoms with E-state index in [0.29, 0.717) is 12.1 Å². The number of benzene rings is 1. The summed E-state index contributed by atoms with van der Waals surface area (Å²) >= 11 is 0. The third-order valence-corrected chi connectivity index (χ3v) is 3.96. The van der Waals surface area contributed by atoms with Crippen LogP contribution in [-0.2, 0) is 13.1 Å². The number of H-pyrrole nitrogens is 1. The van der Waals surface area contributed by atoms with Crippen LogP contribution < -0.4 is 11.1 Å². The summed E-state index contributed by atoms with van der Waals surface area (Å²) in [6.07, 6.45) is 3.48. The van der Waals surface area contributed by atoms with E-state index in [-0.39, 0.29) is 0 Å². The highest BCUT2D eigenvalue weighted by Gasteiger charge is 2.09. The van der Waals surface area contributed by atoms with Crippen LogP contribution in [0.25, 0.3) is 11.3 Å². The van der Waals surface area contributed by atoms with E-state index in [1.165, 1.54) is 0 Å². The first-order valence-corrected chi connectivity index (χ1v) is 8.29. The SMILES string of the molecule is CN(C)Cc1ccc(C(N)=O)cc1NCc1cc(-c2ccncc2)n[nH]1. The fourth-order valence-electron chi connectivity index (χ4n) is 2.69. The molecule has 26 heavy (non-hydrogen) atoms. The first-order valence-electron chi connectivity index (χ1n) is 8.29. The fourth-order valence-corrected chi connectivity index (χ4v) is 2.69. The molecular weight excluding hydrogens is 328 g/mol. The Labute approximate surface area is 152 Å². The molecule has 2 aromatic heterocycles. The fraction of sp³-hybridized carbons (Fsp3) is 0.211. The molecule has 7 nitrogen and oxygen atoms in total. The number of nitrogens with zero attached hydrogens (tertiary/aromatic N) is 3. The van der Waals surface area contributed by atoms with Gasteiger partial charge in [0.15, 0.2) is 0 Å². The van der Waals surface area contributed by atoms with Gasteiger partial charge in [-0.2, -0.15) is 5.10 Å². The lowest BCUT2D eigenvalue weighted by molar-refractivity contribution is 0.100. The Hall–Kier alpha value is -3.19. The number of aromatic amines is 1. The van der Waals surface area contributed by atoms with E-state index >= 15 is 0 Å². The number of rotatable bonds is 7. The number of primary amides is 1. The summed E-state index contributed by atoms with van der Waals surface area (Å²) in [6.45, 7) is 1.31. The first-order chi connectivity index (χ1) is 12.5. The van der Waals surface area contributed by atoms with Gasteiger partial charge in [-0.25, -0.2) is 0 Å². The molecule has 3 rings (SSSR count). The molecule has 0 aliphatic carbocycles. The Bertz CT molecular complexity index is 888. The zero-order valence-corrected chi connectivity index (χ0v) is 14.9. The summed E-state index contributed by atoms with van der Waals surface area (Å²) in [5.74, 6) is -0.439. The highest BCUT2D eigenvalue weighted by Crippen LogP contribution is 2.21. The molecule has 0 radical (unpaired) electrons. The van der Waals surface area contributed by atoms with Gasteiger partial charge in [0.1, 0.15) is 0 Å². The van der Waals surface area contributed by atoms with Crippen molar-refractivity contribution in [3.05, 3.63) is 65.6 Å². The maximum absolute atomic E-state index is 11.5. The molecular formula is C19H22N6O. The molecule has 2 heterocycles. The lowest BCUT2D eigenvalue weighted by Crippen LogP contribution is -2.15. The number of hydrogen-bond acceptors (Lipinski definition) is 5. The van der Waals surface area contributed by atoms with Gasteiger partial charge in [0.25, 0.3) is 0 Å². The summed E-state index contributed by atoms with van der Waals surface area (Å²) in [7, 11) is 4.00. The molecule has 134 valence electrons. The van der Waals surface area contributed by atoms with Gasteiger partial charge in [0.05, 0.1) is 17.9 Å². The number of aromatic nitrogens is 3. The zero-order valence-electron chi connectivity index (χ0n) is 14.9. The number of hydrogen-bond donors (Lipinski definition) is 3. The number of carbonyl (C=O) groups excluding carboxylic acids is 1. The van der Waals surface area contributed by atoms with Crippen LogP contribution >= 0.6 is 0 Å². The third kappa shape index (κ3) is 4.25. The van der Waals surface area contributed by atoms with E-state index in [1.54, 1.807) is 24.5 Å². The molecule has 0 aliphatic heterocycles. The van der Waals surface area contributed by atoms with E-state index in [2.05, 4.69) is 25.4 Å². The van der Waals surface area contributed by atoms with Gasteiger partial charge >= 0.3 is 0 Å². The van der Waals surface area contributed by atoms with Crippen molar-refractivity contribution in [1.82, 2.24) is 20.1 Å². The summed E-state index contributed by atoms with van der Waals surface area (Å²) in [5.41, 5.74) is 10.7. The van der Waals surface area contributed by atoms with E-state index in [1.807, 2.05) is 38.4 Å². The van der Waals surface area contributed by atoms with Gasteiger partial charge in [0, 0.05) is 35.8 Å². The minimum absolute atomic E-state index is 0.439. The van der Waals surface area contributed by atoms with E-state index in [9.17, 15) is 4.79 Å². The topological polar surface area (TPSA) is 99.9 Å². The summed E-state index contributed by atoms with van der Waals surface area (Å²) in [6, 6.07) is 11.3. The standard InChI is InChI=1S/C19H22N6O/c1-25(2)12-15-4-3-14(19(20)26)9-17(15)22-11-16-10-18(24-23-16)13-5-7-21-8-6-13/h3-10,22H,11-12H2,1-2H3,(H2,20,26)(H,23,24). The lowest BCUT2D eigenvalue weighted by Gasteiger charge is -2.16. The normalized spacial score (nSPS) is 10.9. The van der Waals surface area contributed by atoms with E-state index < -0.39 is 5.91 Å². The predicted octanol–water partition coefficient (Wildman–Crippen LogP) is 2.24. The van der Waals surface area contributed by atoms with Crippen molar-refractivity contribution in [2.75, 3.05) is 19.4 Å². The van der Waals surface area contributed by atoms with Crippen molar-refractivity contribution < 1.29 is 4.79 Å². The van der Waals surface area contributed by atoms with Crippen molar-refractivity contribution >= 4 is 11.6 Å². The second kappa shape index (κ2) is 7.79. The maximum Gasteiger partial charge on any atom is 0.248 e. The van der Waals surface area contributed by atoms with Crippen molar-refractivity contribution in [1.29, 1.82) is 0 Å². The Morgan fingerprint density at radius 3 is 2.65 bits per heavy atom. The van der Waals surface area contributed by atoms with Gasteiger partial charge < -0.3 is 16.0 Å². The van der Waals surface area contributed by atoms with Crippen LogP contribution in [0.3, 0.4) is 0 Å². The van der Waals surface area contributed by atoms with Crippen molar-refractivity contribution in [3.63, 3.8) is 0 Å². The minimum atomic E-state index is -0.439. The lowest BCUT2D eigenvalue weighted by atomic mass is 10.1. The third-order valence-electron chi connectivity index (χ3n) is 3.96. The number of pyridine rings is 1. The number of amides is 1. The van der Waals surface area contributed by atoms with Crippen molar-refractivity contribution in [3.8, 4) is 11.3 Å². The molecule has 0 saturated heterocycles. The molecule has 0 spiro atoms. The molecule has 0 saturated carbocycles. The van der Waals surface area contributed by atoms with Gasteiger partial charge in [-0.1, -0.05) is 6.07 Å². The number of anilines is 1. The molecule has 0 atom stereocenters. The van der Waals surface area contributed by atoms with Crippen LogP contribution in [0, 0.1) is 0 Å². The van der Waals surface area contributed by atoms with Gasteiger partial charge in [-0.15, -0.1) is 0 Å². The number of nitrogens with two attached hydrogens (primary N) is 1. The molecule has 3 aromatic rings. The second-order valence-electron chi connectivity index (χ2n) is 6.34. The van der Waals surface area contributed by atoms with Gasteiger partial charge in [0.2, 0.25) is 5.91 Å². The van der Waals surface area contributed by atoms with Crippen LogP contribution in [0.1, 0.15) is 21.6 Å². The highest BCUT2D eigenvalue weighted by atomic mass is 16.1. The second-order valence-corrected chi connectivity index (χ2v) is 6.34. The summed E-state index contributed by atoms with van der Waals surface area (Å²) in [4.78, 5) is 17.6. The number of carbonyl (C=O) groups is 1. The van der Waals surface area contributed by atoms with Crippen LogP contribution in [0.4, 0.5) is 5.69 Å². The molecule has 4 N–H and O–H groups in total. The Morgan fingerprint density at radius 1 is 1.19 bits per heavy atom. The molecule has 0 fully saturated rings. The molecule has 0 bridgehead atoms. The zero-order chi connectivity index (χ0) is 18.5. The first kappa shape index (κ1) is 17.6. The monoisotopic (exact) mass is 350 g/mol. The van der Waals surface area contributed by atoms with E-state index in [0.717, 1.165) is 34.7 Å². The maximum atomic E-state index is 11.5. The van der Waals surface area contributed by atoms with Crippen molar-refractivity contribution in [2.45, 2.75) is 13.1 Å². The highest BCUT2D eigenvalue weighted by molar-refractivity contribution is 5.94.